The van der Waals surface area contributed by atoms with Crippen LogP contribution in [-0.4, -0.2) is 54.7 Å². The molecule has 1 aromatic heterocycles. The first-order valence-electron chi connectivity index (χ1n) is 8.90. The van der Waals surface area contributed by atoms with Gasteiger partial charge in [0.2, 0.25) is 5.88 Å². The molecule has 1 fully saturated rings. The minimum Gasteiger partial charge on any atom is -0.481 e. The van der Waals surface area contributed by atoms with Crippen molar-refractivity contribution >= 4 is 5.96 Å². The number of aliphatic imine (C=N–C) groups is 1. The zero-order valence-corrected chi connectivity index (χ0v) is 15.4. The van der Waals surface area contributed by atoms with Crippen LogP contribution in [0.25, 0.3) is 0 Å². The molecule has 0 bridgehead atoms. The van der Waals surface area contributed by atoms with Gasteiger partial charge in [-0.2, -0.15) is 0 Å². The minimum absolute atomic E-state index is 0.480. The molecule has 1 aromatic rings. The number of pyridine rings is 1. The number of aromatic nitrogens is 1. The summed E-state index contributed by atoms with van der Waals surface area (Å²) in [5.74, 6) is 1.51. The first kappa shape index (κ1) is 18.5. The molecule has 1 aliphatic rings. The lowest BCUT2D eigenvalue weighted by Gasteiger charge is -2.35. The van der Waals surface area contributed by atoms with Gasteiger partial charge in [-0.1, -0.05) is 6.07 Å². The molecule has 0 radical (unpaired) electrons. The Morgan fingerprint density at radius 2 is 2.17 bits per heavy atom. The predicted molar refractivity (Wildman–Crippen MR) is 98.5 cm³/mol. The van der Waals surface area contributed by atoms with Crippen molar-refractivity contribution in [1.82, 2.24) is 20.5 Å². The number of nitrogens with one attached hydrogen (secondary N) is 2. The summed E-state index contributed by atoms with van der Waals surface area (Å²) in [6, 6.07) is 5.02. The van der Waals surface area contributed by atoms with Crippen molar-refractivity contribution in [2.75, 3.05) is 26.7 Å². The van der Waals surface area contributed by atoms with Gasteiger partial charge in [0, 0.05) is 43.5 Å². The number of rotatable bonds is 6. The first-order valence-corrected chi connectivity index (χ1v) is 8.90. The van der Waals surface area contributed by atoms with Crippen molar-refractivity contribution in [1.29, 1.82) is 0 Å². The van der Waals surface area contributed by atoms with Crippen LogP contribution in [0.3, 0.4) is 0 Å². The number of hydrogen-bond donors (Lipinski definition) is 2. The highest BCUT2D eigenvalue weighted by atomic mass is 16.5. The maximum atomic E-state index is 5.30. The van der Waals surface area contributed by atoms with E-state index >= 15 is 0 Å². The second-order valence-electron chi connectivity index (χ2n) is 6.42. The molecular weight excluding hydrogens is 302 g/mol. The fraction of sp³-hybridized carbons (Fsp3) is 0.667. The lowest BCUT2D eigenvalue weighted by molar-refractivity contribution is 0.167. The van der Waals surface area contributed by atoms with Crippen molar-refractivity contribution < 1.29 is 4.74 Å². The second-order valence-corrected chi connectivity index (χ2v) is 6.42. The number of piperidine rings is 1. The molecule has 0 aromatic carbocycles. The zero-order valence-electron chi connectivity index (χ0n) is 15.4. The van der Waals surface area contributed by atoms with E-state index in [0.717, 1.165) is 44.0 Å². The maximum absolute atomic E-state index is 5.30. The van der Waals surface area contributed by atoms with Crippen LogP contribution in [0, 0.1) is 0 Å². The van der Waals surface area contributed by atoms with Crippen LogP contribution >= 0.6 is 0 Å². The van der Waals surface area contributed by atoms with E-state index in [2.05, 4.69) is 41.3 Å². The molecule has 2 heterocycles. The lowest BCUT2D eigenvalue weighted by Crippen LogP contribution is -2.49. The number of guanidine groups is 1. The summed E-state index contributed by atoms with van der Waals surface area (Å²) in [6.07, 6.45) is 4.04. The van der Waals surface area contributed by atoms with Gasteiger partial charge in [-0.15, -0.1) is 0 Å². The van der Waals surface area contributed by atoms with Gasteiger partial charge < -0.3 is 20.3 Å². The van der Waals surface area contributed by atoms with Gasteiger partial charge >= 0.3 is 0 Å². The van der Waals surface area contributed by atoms with Gasteiger partial charge in [-0.05, 0) is 39.7 Å². The third kappa shape index (κ3) is 5.37. The topological polar surface area (TPSA) is 61.8 Å². The fourth-order valence-corrected chi connectivity index (χ4v) is 2.97. The van der Waals surface area contributed by atoms with Crippen molar-refractivity contribution in [3.63, 3.8) is 0 Å². The van der Waals surface area contributed by atoms with E-state index in [1.54, 1.807) is 13.3 Å². The molecule has 6 nitrogen and oxygen atoms in total. The van der Waals surface area contributed by atoms with Gasteiger partial charge in [0.1, 0.15) is 0 Å². The number of ether oxygens (including phenoxy) is 1. The van der Waals surface area contributed by atoms with Crippen LogP contribution in [0.1, 0.15) is 39.2 Å². The van der Waals surface area contributed by atoms with Crippen molar-refractivity contribution in [2.24, 2.45) is 4.99 Å². The van der Waals surface area contributed by atoms with E-state index in [-0.39, 0.29) is 0 Å². The van der Waals surface area contributed by atoms with Crippen LogP contribution in [0.15, 0.2) is 23.3 Å². The fourth-order valence-electron chi connectivity index (χ4n) is 2.97. The normalized spacial score (nSPS) is 17.1. The predicted octanol–water partition coefficient (Wildman–Crippen LogP) is 2.02. The Labute approximate surface area is 145 Å². The summed E-state index contributed by atoms with van der Waals surface area (Å²) in [6.45, 7) is 10.3. The van der Waals surface area contributed by atoms with Crippen LogP contribution in [-0.2, 0) is 6.54 Å². The number of hydrogen-bond acceptors (Lipinski definition) is 4. The Bertz CT molecular complexity index is 524. The quantitative estimate of drug-likeness (QED) is 0.616. The summed E-state index contributed by atoms with van der Waals surface area (Å²) in [5.41, 5.74) is 0.992. The van der Waals surface area contributed by atoms with Gasteiger partial charge in [-0.25, -0.2) is 9.98 Å². The second kappa shape index (κ2) is 9.47. The molecule has 1 saturated heterocycles. The smallest absolute Gasteiger partial charge is 0.218 e. The van der Waals surface area contributed by atoms with E-state index < -0.39 is 0 Å². The Hall–Kier alpha value is -1.82. The van der Waals surface area contributed by atoms with Gasteiger partial charge in [0.15, 0.2) is 5.96 Å². The molecule has 2 N–H and O–H groups in total. The van der Waals surface area contributed by atoms with Crippen molar-refractivity contribution in [3.05, 3.63) is 23.9 Å². The average molecular weight is 333 g/mol. The number of nitrogens with zero attached hydrogens (tertiary/aromatic N) is 3. The van der Waals surface area contributed by atoms with E-state index in [1.807, 2.05) is 12.1 Å². The number of likely N-dealkylation sites (tertiary alicyclic amines) is 1. The molecule has 0 unspecified atom stereocenters. The number of methoxy groups -OCH3 is 1. The lowest BCUT2D eigenvalue weighted by atomic mass is 10.0. The summed E-state index contributed by atoms with van der Waals surface area (Å²) in [7, 11) is 1.64. The summed E-state index contributed by atoms with van der Waals surface area (Å²) < 4.78 is 5.30. The Balaban J connectivity index is 1.94. The molecular formula is C18H31N5O. The zero-order chi connectivity index (χ0) is 17.4. The van der Waals surface area contributed by atoms with Crippen LogP contribution in [0.5, 0.6) is 5.88 Å². The first-order chi connectivity index (χ1) is 11.6. The minimum atomic E-state index is 0.480. The molecule has 24 heavy (non-hydrogen) atoms. The van der Waals surface area contributed by atoms with Crippen LogP contribution < -0.4 is 15.4 Å². The maximum Gasteiger partial charge on any atom is 0.218 e. The van der Waals surface area contributed by atoms with Crippen molar-refractivity contribution in [2.45, 2.75) is 52.2 Å². The van der Waals surface area contributed by atoms with Gasteiger partial charge in [0.25, 0.3) is 0 Å². The molecule has 0 amide bonds. The standard InChI is InChI=1S/C18H31N5O/c1-5-19-18(21-13-15-7-6-10-20-17(15)24-4)22-16-8-11-23(12-9-16)14(2)3/h6-7,10,14,16H,5,8-9,11-13H2,1-4H3,(H2,19,21,22). The van der Waals surface area contributed by atoms with E-state index in [1.165, 1.54) is 0 Å². The van der Waals surface area contributed by atoms with Gasteiger partial charge in [-0.3, -0.25) is 0 Å². The van der Waals surface area contributed by atoms with Crippen LogP contribution in [0.4, 0.5) is 0 Å². The Morgan fingerprint density at radius 1 is 1.42 bits per heavy atom. The molecule has 134 valence electrons. The molecule has 0 aliphatic carbocycles. The van der Waals surface area contributed by atoms with Crippen LogP contribution in [0.2, 0.25) is 0 Å². The summed E-state index contributed by atoms with van der Waals surface area (Å²) in [5, 5.41) is 6.91. The van der Waals surface area contributed by atoms with E-state index in [4.69, 9.17) is 9.73 Å². The van der Waals surface area contributed by atoms with E-state index in [9.17, 15) is 0 Å². The molecule has 0 atom stereocenters. The average Bonchev–Trinajstić information content (AvgIpc) is 2.60. The SMILES string of the molecule is CCNC(=NCc1cccnc1OC)NC1CCN(C(C)C)CC1. The highest BCUT2D eigenvalue weighted by molar-refractivity contribution is 5.80. The highest BCUT2D eigenvalue weighted by Gasteiger charge is 2.21. The summed E-state index contributed by atoms with van der Waals surface area (Å²) in [4.78, 5) is 11.5. The largest absolute Gasteiger partial charge is 0.481 e. The Kier molecular flexibility index (Phi) is 7.31. The molecule has 0 saturated carbocycles. The molecule has 0 spiro atoms. The molecule has 1 aliphatic heterocycles. The molecule has 2 rings (SSSR count). The van der Waals surface area contributed by atoms with Gasteiger partial charge in [0.05, 0.1) is 13.7 Å². The Morgan fingerprint density at radius 3 is 2.79 bits per heavy atom. The highest BCUT2D eigenvalue weighted by Crippen LogP contribution is 2.15. The third-order valence-electron chi connectivity index (χ3n) is 4.40. The van der Waals surface area contributed by atoms with Crippen molar-refractivity contribution in [3.8, 4) is 5.88 Å². The summed E-state index contributed by atoms with van der Waals surface area (Å²) >= 11 is 0. The molecule has 6 heteroatoms. The third-order valence-corrected chi connectivity index (χ3v) is 4.40. The monoisotopic (exact) mass is 333 g/mol. The van der Waals surface area contributed by atoms with E-state index in [0.29, 0.717) is 24.5 Å².